The molecule has 1 aliphatic heterocycles. The van der Waals surface area contributed by atoms with Gasteiger partial charge in [-0.2, -0.15) is 0 Å². The highest BCUT2D eigenvalue weighted by molar-refractivity contribution is 7.99. The number of hydrogen-bond donors (Lipinski definition) is 1. The van der Waals surface area contributed by atoms with Crippen molar-refractivity contribution in [3.8, 4) is 0 Å². The summed E-state index contributed by atoms with van der Waals surface area (Å²) in [6, 6.07) is 6.54. The topological polar surface area (TPSA) is 52.7 Å². The molecule has 0 unspecified atom stereocenters. The molecule has 0 aliphatic carbocycles. The highest BCUT2D eigenvalue weighted by atomic mass is 32.2. The van der Waals surface area contributed by atoms with Crippen molar-refractivity contribution in [3.63, 3.8) is 0 Å². The van der Waals surface area contributed by atoms with E-state index < -0.39 is 0 Å². The zero-order valence-corrected chi connectivity index (χ0v) is 17.1. The highest BCUT2D eigenvalue weighted by Gasteiger charge is 2.28. The van der Waals surface area contributed by atoms with Crippen molar-refractivity contribution in [2.75, 3.05) is 38.5 Å². The number of amides is 3. The first-order valence-corrected chi connectivity index (χ1v) is 10.7. The van der Waals surface area contributed by atoms with E-state index >= 15 is 0 Å². The Kier molecular flexibility index (Phi) is 8.91. The highest BCUT2D eigenvalue weighted by Crippen LogP contribution is 2.20. The molecule has 7 heteroatoms. The van der Waals surface area contributed by atoms with Crippen LogP contribution in [0.5, 0.6) is 0 Å². The van der Waals surface area contributed by atoms with Crippen LogP contribution in [0.3, 0.4) is 0 Å². The standard InChI is InChI=1S/C20H30FN3O2S/c1-3-23(4-2)20(26)24-13-10-16(11-14-24)19(25)22-12-5-15-27-18-8-6-17(21)7-9-18/h6-9,16H,3-5,10-15H2,1-2H3,(H,22,25). The number of benzene rings is 1. The minimum Gasteiger partial charge on any atom is -0.356 e. The molecule has 0 bridgehead atoms. The van der Waals surface area contributed by atoms with Gasteiger partial charge in [-0.1, -0.05) is 0 Å². The molecule has 5 nitrogen and oxygen atoms in total. The van der Waals surface area contributed by atoms with Gasteiger partial charge in [0.25, 0.3) is 0 Å². The lowest BCUT2D eigenvalue weighted by molar-refractivity contribution is -0.126. The van der Waals surface area contributed by atoms with Gasteiger partial charge in [0.05, 0.1) is 0 Å². The number of nitrogens with one attached hydrogen (secondary N) is 1. The number of halogens is 1. The second-order valence-electron chi connectivity index (χ2n) is 6.66. The third-order valence-electron chi connectivity index (χ3n) is 4.87. The Morgan fingerprint density at radius 1 is 1.19 bits per heavy atom. The fourth-order valence-electron chi connectivity index (χ4n) is 3.18. The molecule has 1 aromatic carbocycles. The van der Waals surface area contributed by atoms with E-state index in [1.165, 1.54) is 12.1 Å². The van der Waals surface area contributed by atoms with Gasteiger partial charge >= 0.3 is 6.03 Å². The van der Waals surface area contributed by atoms with Crippen LogP contribution in [-0.2, 0) is 4.79 Å². The summed E-state index contributed by atoms with van der Waals surface area (Å²) in [5, 5.41) is 3.01. The Balaban J connectivity index is 1.61. The molecule has 27 heavy (non-hydrogen) atoms. The Morgan fingerprint density at radius 3 is 2.41 bits per heavy atom. The maximum atomic E-state index is 12.9. The molecule has 1 aromatic rings. The average Bonchev–Trinajstić information content (AvgIpc) is 2.70. The molecule has 0 radical (unpaired) electrons. The average molecular weight is 396 g/mol. The fraction of sp³-hybridized carbons (Fsp3) is 0.600. The molecule has 1 saturated heterocycles. The Bertz CT molecular complexity index is 600. The van der Waals surface area contributed by atoms with Gasteiger partial charge in [-0.25, -0.2) is 9.18 Å². The second kappa shape index (κ2) is 11.2. The molecular formula is C20H30FN3O2S. The van der Waals surface area contributed by atoms with Crippen LogP contribution >= 0.6 is 11.8 Å². The summed E-state index contributed by atoms with van der Waals surface area (Å²) in [6.07, 6.45) is 2.32. The van der Waals surface area contributed by atoms with Crippen LogP contribution in [0, 0.1) is 11.7 Å². The number of carbonyl (C=O) groups excluding carboxylic acids is 2. The molecular weight excluding hydrogens is 365 g/mol. The predicted octanol–water partition coefficient (Wildman–Crippen LogP) is 3.60. The van der Waals surface area contributed by atoms with Gasteiger partial charge in [0.2, 0.25) is 5.91 Å². The normalized spacial score (nSPS) is 14.9. The summed E-state index contributed by atoms with van der Waals surface area (Å²) in [5.41, 5.74) is 0. The first-order chi connectivity index (χ1) is 13.0. The van der Waals surface area contributed by atoms with Crippen molar-refractivity contribution in [1.82, 2.24) is 15.1 Å². The van der Waals surface area contributed by atoms with Crippen molar-refractivity contribution < 1.29 is 14.0 Å². The molecule has 1 fully saturated rings. The third kappa shape index (κ3) is 6.72. The van der Waals surface area contributed by atoms with Crippen LogP contribution in [0.4, 0.5) is 9.18 Å². The van der Waals surface area contributed by atoms with E-state index in [-0.39, 0.29) is 23.7 Å². The Hall–Kier alpha value is -1.76. The second-order valence-corrected chi connectivity index (χ2v) is 7.83. The van der Waals surface area contributed by atoms with Crippen LogP contribution in [0.2, 0.25) is 0 Å². The maximum absolute atomic E-state index is 12.9. The molecule has 150 valence electrons. The zero-order chi connectivity index (χ0) is 19.6. The molecule has 2 rings (SSSR count). The molecule has 1 aliphatic rings. The fourth-order valence-corrected chi connectivity index (χ4v) is 4.03. The van der Waals surface area contributed by atoms with Crippen LogP contribution in [0.15, 0.2) is 29.2 Å². The van der Waals surface area contributed by atoms with E-state index in [1.54, 1.807) is 23.9 Å². The van der Waals surface area contributed by atoms with E-state index in [0.29, 0.717) is 32.7 Å². The summed E-state index contributed by atoms with van der Waals surface area (Å²) in [7, 11) is 0. The van der Waals surface area contributed by atoms with E-state index in [2.05, 4.69) is 5.32 Å². The number of thioether (sulfide) groups is 1. The van der Waals surface area contributed by atoms with Crippen LogP contribution in [0.1, 0.15) is 33.1 Å². The van der Waals surface area contributed by atoms with Crippen molar-refractivity contribution in [2.45, 2.75) is 38.0 Å². The third-order valence-corrected chi connectivity index (χ3v) is 5.97. The molecule has 0 spiro atoms. The van der Waals surface area contributed by atoms with E-state index in [1.807, 2.05) is 23.6 Å². The predicted molar refractivity (Wildman–Crippen MR) is 107 cm³/mol. The molecule has 1 heterocycles. The smallest absolute Gasteiger partial charge is 0.319 e. The van der Waals surface area contributed by atoms with Crippen molar-refractivity contribution >= 4 is 23.7 Å². The van der Waals surface area contributed by atoms with E-state index in [9.17, 15) is 14.0 Å². The van der Waals surface area contributed by atoms with Crippen molar-refractivity contribution in [3.05, 3.63) is 30.1 Å². The summed E-state index contributed by atoms with van der Waals surface area (Å²) >= 11 is 1.66. The molecule has 0 saturated carbocycles. The first kappa shape index (κ1) is 21.5. The SMILES string of the molecule is CCN(CC)C(=O)N1CCC(C(=O)NCCCSc2ccc(F)cc2)CC1. The Labute approximate surface area is 165 Å². The van der Waals surface area contributed by atoms with Gasteiger partial charge < -0.3 is 15.1 Å². The van der Waals surface area contributed by atoms with Gasteiger partial charge in [0, 0.05) is 43.5 Å². The zero-order valence-electron chi connectivity index (χ0n) is 16.2. The number of nitrogens with zero attached hydrogens (tertiary/aromatic N) is 2. The lowest BCUT2D eigenvalue weighted by atomic mass is 9.96. The molecule has 0 atom stereocenters. The molecule has 0 aromatic heterocycles. The number of likely N-dealkylation sites (tertiary alicyclic amines) is 1. The van der Waals surface area contributed by atoms with Gasteiger partial charge in [-0.15, -0.1) is 11.8 Å². The van der Waals surface area contributed by atoms with Crippen LogP contribution in [-0.4, -0.2) is 60.2 Å². The molecule has 1 N–H and O–H groups in total. The van der Waals surface area contributed by atoms with Crippen LogP contribution in [0.25, 0.3) is 0 Å². The largest absolute Gasteiger partial charge is 0.356 e. The van der Waals surface area contributed by atoms with Gasteiger partial charge in [-0.3, -0.25) is 4.79 Å². The Morgan fingerprint density at radius 2 is 1.81 bits per heavy atom. The summed E-state index contributed by atoms with van der Waals surface area (Å²) in [4.78, 5) is 29.4. The maximum Gasteiger partial charge on any atom is 0.319 e. The van der Waals surface area contributed by atoms with Crippen molar-refractivity contribution in [2.24, 2.45) is 5.92 Å². The summed E-state index contributed by atoms with van der Waals surface area (Å²) < 4.78 is 12.9. The monoisotopic (exact) mass is 395 g/mol. The van der Waals surface area contributed by atoms with Crippen molar-refractivity contribution in [1.29, 1.82) is 0 Å². The summed E-state index contributed by atoms with van der Waals surface area (Å²) in [5.74, 6) is 0.742. The lowest BCUT2D eigenvalue weighted by Gasteiger charge is -2.34. The number of carbonyl (C=O) groups is 2. The molecule has 3 amide bonds. The first-order valence-electron chi connectivity index (χ1n) is 9.75. The van der Waals surface area contributed by atoms with E-state index in [0.717, 1.165) is 29.9 Å². The number of urea groups is 1. The number of rotatable bonds is 8. The van der Waals surface area contributed by atoms with Crippen LogP contribution < -0.4 is 5.32 Å². The minimum absolute atomic E-state index is 0.00416. The van der Waals surface area contributed by atoms with Gasteiger partial charge in [0.1, 0.15) is 5.82 Å². The van der Waals surface area contributed by atoms with E-state index in [4.69, 9.17) is 0 Å². The van der Waals surface area contributed by atoms with Gasteiger partial charge in [-0.05, 0) is 63.1 Å². The number of hydrogen-bond acceptors (Lipinski definition) is 3. The minimum atomic E-state index is -0.226. The quantitative estimate of drug-likeness (QED) is 0.541. The number of piperidine rings is 1. The lowest BCUT2D eigenvalue weighted by Crippen LogP contribution is -2.48. The van der Waals surface area contributed by atoms with Gasteiger partial charge in [0.15, 0.2) is 0 Å². The summed E-state index contributed by atoms with van der Waals surface area (Å²) in [6.45, 7) is 7.33.